The van der Waals surface area contributed by atoms with Crippen LogP contribution in [0.5, 0.6) is 0 Å². The van der Waals surface area contributed by atoms with Crippen molar-refractivity contribution in [3.05, 3.63) is 41.7 Å². The van der Waals surface area contributed by atoms with Crippen LogP contribution in [-0.2, 0) is 6.42 Å². The van der Waals surface area contributed by atoms with Gasteiger partial charge in [0.2, 0.25) is 0 Å². The van der Waals surface area contributed by atoms with E-state index in [1.54, 1.807) is 0 Å². The monoisotopic (exact) mass is 213 g/mol. The highest BCUT2D eigenvalue weighted by atomic mass is 15.3. The number of hydrogen-bond donors (Lipinski definition) is 1. The standard InChI is InChI=1S/C13H15N3/c1-10-7-9-16(15-10)13-6-2-5-12-11(13)4-3-8-14-12/h2,5-7,9,14H,3-4,8H2,1H3. The highest BCUT2D eigenvalue weighted by molar-refractivity contribution is 5.61. The second kappa shape index (κ2) is 3.67. The minimum atomic E-state index is 1.06. The van der Waals surface area contributed by atoms with Crippen molar-refractivity contribution in [2.45, 2.75) is 19.8 Å². The fraction of sp³-hybridized carbons (Fsp3) is 0.308. The fourth-order valence-electron chi connectivity index (χ4n) is 2.26. The first-order valence-electron chi connectivity index (χ1n) is 5.73. The van der Waals surface area contributed by atoms with Gasteiger partial charge in [0.1, 0.15) is 0 Å². The van der Waals surface area contributed by atoms with Crippen LogP contribution in [0, 0.1) is 6.92 Å². The number of benzene rings is 1. The summed E-state index contributed by atoms with van der Waals surface area (Å²) in [6.07, 6.45) is 4.36. The lowest BCUT2D eigenvalue weighted by atomic mass is 10.0. The van der Waals surface area contributed by atoms with Gasteiger partial charge in [-0.15, -0.1) is 0 Å². The Hall–Kier alpha value is -1.77. The third kappa shape index (κ3) is 1.48. The summed E-state index contributed by atoms with van der Waals surface area (Å²) in [4.78, 5) is 0. The molecule has 0 aliphatic carbocycles. The maximum Gasteiger partial charge on any atom is 0.0698 e. The van der Waals surface area contributed by atoms with Crippen LogP contribution >= 0.6 is 0 Å². The molecule has 3 heteroatoms. The summed E-state index contributed by atoms with van der Waals surface area (Å²) < 4.78 is 1.97. The minimum absolute atomic E-state index is 1.06. The van der Waals surface area contributed by atoms with Crippen molar-refractivity contribution < 1.29 is 0 Å². The molecule has 0 saturated heterocycles. The first-order valence-corrected chi connectivity index (χ1v) is 5.73. The highest BCUT2D eigenvalue weighted by Gasteiger charge is 2.13. The van der Waals surface area contributed by atoms with E-state index in [1.807, 2.05) is 23.9 Å². The second-order valence-corrected chi connectivity index (χ2v) is 4.24. The van der Waals surface area contributed by atoms with E-state index < -0.39 is 0 Å². The largest absolute Gasteiger partial charge is 0.385 e. The molecule has 3 rings (SSSR count). The Morgan fingerprint density at radius 1 is 1.31 bits per heavy atom. The van der Waals surface area contributed by atoms with E-state index in [9.17, 15) is 0 Å². The summed E-state index contributed by atoms with van der Waals surface area (Å²) in [5.41, 5.74) is 4.91. The van der Waals surface area contributed by atoms with Crippen molar-refractivity contribution in [2.24, 2.45) is 0 Å². The number of fused-ring (bicyclic) bond motifs is 1. The Morgan fingerprint density at radius 3 is 3.06 bits per heavy atom. The zero-order valence-electron chi connectivity index (χ0n) is 9.40. The van der Waals surface area contributed by atoms with Gasteiger partial charge in [-0.1, -0.05) is 6.07 Å². The van der Waals surface area contributed by atoms with Crippen LogP contribution in [0.15, 0.2) is 30.5 Å². The quantitative estimate of drug-likeness (QED) is 0.789. The van der Waals surface area contributed by atoms with E-state index in [2.05, 4.69) is 28.6 Å². The Kier molecular flexibility index (Phi) is 2.17. The summed E-state index contributed by atoms with van der Waals surface area (Å²) in [5.74, 6) is 0. The third-order valence-electron chi connectivity index (χ3n) is 3.04. The lowest BCUT2D eigenvalue weighted by Crippen LogP contribution is -2.14. The second-order valence-electron chi connectivity index (χ2n) is 4.24. The van der Waals surface area contributed by atoms with Crippen LogP contribution in [-0.4, -0.2) is 16.3 Å². The summed E-state index contributed by atoms with van der Waals surface area (Å²) in [5, 5.41) is 7.92. The molecule has 0 fully saturated rings. The molecule has 0 radical (unpaired) electrons. The number of nitrogens with one attached hydrogen (secondary N) is 1. The Bertz CT molecular complexity index is 514. The van der Waals surface area contributed by atoms with Gasteiger partial charge < -0.3 is 5.32 Å². The molecule has 1 aliphatic rings. The normalized spacial score (nSPS) is 14.3. The molecule has 0 atom stereocenters. The molecule has 1 aromatic carbocycles. The third-order valence-corrected chi connectivity index (χ3v) is 3.04. The van der Waals surface area contributed by atoms with E-state index >= 15 is 0 Å². The first kappa shape index (κ1) is 9.46. The Labute approximate surface area is 95.1 Å². The fourth-order valence-corrected chi connectivity index (χ4v) is 2.26. The predicted molar refractivity (Wildman–Crippen MR) is 65.1 cm³/mol. The highest BCUT2D eigenvalue weighted by Crippen LogP contribution is 2.27. The van der Waals surface area contributed by atoms with Crippen molar-refractivity contribution in [3.63, 3.8) is 0 Å². The molecule has 2 aromatic rings. The van der Waals surface area contributed by atoms with Gasteiger partial charge in [0.25, 0.3) is 0 Å². The molecular weight excluding hydrogens is 198 g/mol. The maximum atomic E-state index is 4.48. The van der Waals surface area contributed by atoms with E-state index in [0.29, 0.717) is 0 Å². The van der Waals surface area contributed by atoms with Gasteiger partial charge in [-0.25, -0.2) is 4.68 Å². The molecule has 0 unspecified atom stereocenters. The smallest absolute Gasteiger partial charge is 0.0698 e. The predicted octanol–water partition coefficient (Wildman–Crippen LogP) is 2.54. The lowest BCUT2D eigenvalue weighted by molar-refractivity contribution is 0.792. The van der Waals surface area contributed by atoms with Crippen LogP contribution in [0.2, 0.25) is 0 Å². The molecule has 82 valence electrons. The number of nitrogens with zero attached hydrogens (tertiary/aromatic N) is 2. The van der Waals surface area contributed by atoms with Crippen molar-refractivity contribution in [3.8, 4) is 5.69 Å². The SMILES string of the molecule is Cc1ccn(-c2cccc3c2CCCN3)n1. The van der Waals surface area contributed by atoms with E-state index in [4.69, 9.17) is 0 Å². The van der Waals surface area contributed by atoms with Crippen LogP contribution in [0.3, 0.4) is 0 Å². The summed E-state index contributed by atoms with van der Waals surface area (Å²) >= 11 is 0. The van der Waals surface area contributed by atoms with Crippen LogP contribution in [0.25, 0.3) is 5.69 Å². The summed E-state index contributed by atoms with van der Waals surface area (Å²) in [7, 11) is 0. The molecule has 1 aromatic heterocycles. The van der Waals surface area contributed by atoms with Gasteiger partial charge in [0.05, 0.1) is 11.4 Å². The molecule has 0 bridgehead atoms. The molecule has 2 heterocycles. The molecular formula is C13H15N3. The number of hydrogen-bond acceptors (Lipinski definition) is 2. The van der Waals surface area contributed by atoms with Crippen molar-refractivity contribution >= 4 is 5.69 Å². The lowest BCUT2D eigenvalue weighted by Gasteiger charge is -2.20. The topological polar surface area (TPSA) is 29.9 Å². The maximum absolute atomic E-state index is 4.48. The molecule has 3 nitrogen and oxygen atoms in total. The van der Waals surface area contributed by atoms with E-state index in [1.165, 1.54) is 23.4 Å². The molecule has 1 N–H and O–H groups in total. The molecule has 0 spiro atoms. The molecule has 16 heavy (non-hydrogen) atoms. The summed E-state index contributed by atoms with van der Waals surface area (Å²) in [6.45, 7) is 3.10. The van der Waals surface area contributed by atoms with Crippen molar-refractivity contribution in [1.82, 2.24) is 9.78 Å². The van der Waals surface area contributed by atoms with Crippen LogP contribution < -0.4 is 5.32 Å². The number of anilines is 1. The summed E-state index contributed by atoms with van der Waals surface area (Å²) in [6, 6.07) is 8.41. The zero-order chi connectivity index (χ0) is 11.0. The van der Waals surface area contributed by atoms with Gasteiger partial charge in [-0.05, 0) is 38.0 Å². The van der Waals surface area contributed by atoms with E-state index in [0.717, 1.165) is 18.7 Å². The molecule has 0 saturated carbocycles. The van der Waals surface area contributed by atoms with Gasteiger partial charge in [-0.2, -0.15) is 5.10 Å². The van der Waals surface area contributed by atoms with Crippen molar-refractivity contribution in [1.29, 1.82) is 0 Å². The average Bonchev–Trinajstić information content (AvgIpc) is 2.75. The molecule has 1 aliphatic heterocycles. The zero-order valence-corrected chi connectivity index (χ0v) is 9.40. The Morgan fingerprint density at radius 2 is 2.25 bits per heavy atom. The Balaban J connectivity index is 2.13. The average molecular weight is 213 g/mol. The van der Waals surface area contributed by atoms with Crippen LogP contribution in [0.4, 0.5) is 5.69 Å². The van der Waals surface area contributed by atoms with Gasteiger partial charge >= 0.3 is 0 Å². The minimum Gasteiger partial charge on any atom is -0.385 e. The number of rotatable bonds is 1. The van der Waals surface area contributed by atoms with Crippen molar-refractivity contribution in [2.75, 3.05) is 11.9 Å². The van der Waals surface area contributed by atoms with E-state index in [-0.39, 0.29) is 0 Å². The van der Waals surface area contributed by atoms with Gasteiger partial charge in [0.15, 0.2) is 0 Å². The first-order chi connectivity index (χ1) is 7.84. The number of aryl methyl sites for hydroxylation is 1. The van der Waals surface area contributed by atoms with Gasteiger partial charge in [-0.3, -0.25) is 0 Å². The van der Waals surface area contributed by atoms with Crippen LogP contribution in [0.1, 0.15) is 17.7 Å². The van der Waals surface area contributed by atoms with Gasteiger partial charge in [0, 0.05) is 24.0 Å². The molecule has 0 amide bonds. The number of aromatic nitrogens is 2.